The second-order valence-corrected chi connectivity index (χ2v) is 2.37. The lowest BCUT2D eigenvalue weighted by Crippen LogP contribution is -2.16. The van der Waals surface area contributed by atoms with E-state index in [2.05, 4.69) is 29.8 Å². The van der Waals surface area contributed by atoms with Crippen molar-refractivity contribution in [3.05, 3.63) is 11.6 Å². The summed E-state index contributed by atoms with van der Waals surface area (Å²) in [7, 11) is 1.94. The lowest BCUT2D eigenvalue weighted by Gasteiger charge is -2.02. The van der Waals surface area contributed by atoms with Crippen LogP contribution in [0.25, 0.3) is 0 Å². The van der Waals surface area contributed by atoms with Gasteiger partial charge in [-0.3, -0.25) is 0 Å². The van der Waals surface area contributed by atoms with Crippen LogP contribution in [-0.4, -0.2) is 20.1 Å². The van der Waals surface area contributed by atoms with E-state index in [-0.39, 0.29) is 0 Å². The fourth-order valence-corrected chi connectivity index (χ4v) is 0.610. The summed E-state index contributed by atoms with van der Waals surface area (Å²) in [5.41, 5.74) is 0. The third kappa shape index (κ3) is 7.85. The summed E-state index contributed by atoms with van der Waals surface area (Å²) in [5.74, 6) is 0. The van der Waals surface area contributed by atoms with Crippen LogP contribution in [-0.2, 0) is 0 Å². The predicted octanol–water partition coefficient (Wildman–Crippen LogP) is 0.586. The molecule has 54 valence electrons. The quantitative estimate of drug-likeness (QED) is 0.390. The molecule has 0 atom stereocenters. The van der Waals surface area contributed by atoms with Gasteiger partial charge in [0.25, 0.3) is 0 Å². The van der Waals surface area contributed by atoms with Gasteiger partial charge in [-0.25, -0.2) is 0 Å². The number of hydrogen-bond acceptors (Lipinski definition) is 3. The van der Waals surface area contributed by atoms with Gasteiger partial charge in [-0.1, -0.05) is 6.58 Å². The summed E-state index contributed by atoms with van der Waals surface area (Å²) < 4.78 is 0. The average molecular weight is 146 g/mol. The standard InChI is InChI=1S/C6H14N2S/c1-6(9)8-5-3-4-7-2/h7-9H,1,3-5H2,2H3. The smallest absolute Gasteiger partial charge is 0.0577 e. The number of rotatable bonds is 5. The van der Waals surface area contributed by atoms with Crippen LogP contribution < -0.4 is 10.6 Å². The summed E-state index contributed by atoms with van der Waals surface area (Å²) in [6.07, 6.45) is 1.11. The zero-order valence-corrected chi connectivity index (χ0v) is 6.67. The molecule has 3 heteroatoms. The molecule has 0 aromatic rings. The van der Waals surface area contributed by atoms with Crippen LogP contribution >= 0.6 is 12.6 Å². The van der Waals surface area contributed by atoms with Crippen molar-refractivity contribution in [3.8, 4) is 0 Å². The van der Waals surface area contributed by atoms with Crippen molar-refractivity contribution in [1.82, 2.24) is 10.6 Å². The lowest BCUT2D eigenvalue weighted by atomic mass is 10.4. The Morgan fingerprint density at radius 1 is 1.56 bits per heavy atom. The topological polar surface area (TPSA) is 24.1 Å². The van der Waals surface area contributed by atoms with Gasteiger partial charge in [0.1, 0.15) is 0 Å². The van der Waals surface area contributed by atoms with Gasteiger partial charge in [-0.2, -0.15) is 0 Å². The van der Waals surface area contributed by atoms with Crippen LogP contribution in [0, 0.1) is 0 Å². The summed E-state index contributed by atoms with van der Waals surface area (Å²) in [5, 5.41) is 6.80. The minimum atomic E-state index is 0.742. The Morgan fingerprint density at radius 3 is 2.67 bits per heavy atom. The second kappa shape index (κ2) is 5.98. The molecule has 0 aliphatic carbocycles. The van der Waals surface area contributed by atoms with E-state index in [1.165, 1.54) is 0 Å². The zero-order chi connectivity index (χ0) is 7.11. The van der Waals surface area contributed by atoms with Crippen LogP contribution in [0.3, 0.4) is 0 Å². The van der Waals surface area contributed by atoms with Gasteiger partial charge in [0, 0.05) is 6.54 Å². The van der Waals surface area contributed by atoms with Crippen molar-refractivity contribution in [1.29, 1.82) is 0 Å². The first-order chi connectivity index (χ1) is 4.27. The maximum Gasteiger partial charge on any atom is 0.0577 e. The highest BCUT2D eigenvalue weighted by atomic mass is 32.1. The molecule has 0 saturated carbocycles. The third-order valence-corrected chi connectivity index (χ3v) is 1.09. The maximum absolute atomic E-state index is 3.97. The molecule has 0 bridgehead atoms. The SMILES string of the molecule is C=C(S)NCCCNC. The Balaban J connectivity index is 2.83. The first-order valence-electron chi connectivity index (χ1n) is 3.03. The van der Waals surface area contributed by atoms with Crippen LogP contribution in [0.5, 0.6) is 0 Å². The molecule has 0 heterocycles. The first kappa shape index (κ1) is 8.85. The third-order valence-electron chi connectivity index (χ3n) is 0.933. The van der Waals surface area contributed by atoms with Crippen molar-refractivity contribution in [2.75, 3.05) is 20.1 Å². The van der Waals surface area contributed by atoms with Crippen molar-refractivity contribution < 1.29 is 0 Å². The van der Waals surface area contributed by atoms with Crippen LogP contribution in [0.15, 0.2) is 11.6 Å². The van der Waals surface area contributed by atoms with Gasteiger partial charge in [0.2, 0.25) is 0 Å². The van der Waals surface area contributed by atoms with Crippen molar-refractivity contribution in [2.45, 2.75) is 6.42 Å². The van der Waals surface area contributed by atoms with Gasteiger partial charge in [0.15, 0.2) is 0 Å². The number of nitrogens with one attached hydrogen (secondary N) is 2. The highest BCUT2D eigenvalue weighted by molar-refractivity contribution is 7.84. The summed E-state index contributed by atoms with van der Waals surface area (Å²) in [6, 6.07) is 0. The number of thiol groups is 1. The first-order valence-corrected chi connectivity index (χ1v) is 3.48. The van der Waals surface area contributed by atoms with Gasteiger partial charge >= 0.3 is 0 Å². The minimum Gasteiger partial charge on any atom is -0.381 e. The van der Waals surface area contributed by atoms with Gasteiger partial charge < -0.3 is 10.6 Å². The molecule has 2 nitrogen and oxygen atoms in total. The number of hydrogen-bond donors (Lipinski definition) is 3. The Kier molecular flexibility index (Phi) is 5.88. The summed E-state index contributed by atoms with van der Waals surface area (Å²) in [6.45, 7) is 5.57. The van der Waals surface area contributed by atoms with Crippen molar-refractivity contribution >= 4 is 12.6 Å². The Morgan fingerprint density at radius 2 is 2.22 bits per heavy atom. The fraction of sp³-hybridized carbons (Fsp3) is 0.667. The molecular formula is C6H14N2S. The van der Waals surface area contributed by atoms with E-state index >= 15 is 0 Å². The van der Waals surface area contributed by atoms with Gasteiger partial charge in [-0.15, -0.1) is 12.6 Å². The summed E-state index contributed by atoms with van der Waals surface area (Å²) in [4.78, 5) is 0. The molecule has 0 fully saturated rings. The molecule has 2 N–H and O–H groups in total. The minimum absolute atomic E-state index is 0.742. The Bertz CT molecular complexity index is 83.1. The second-order valence-electron chi connectivity index (χ2n) is 1.83. The van der Waals surface area contributed by atoms with E-state index < -0.39 is 0 Å². The van der Waals surface area contributed by atoms with E-state index in [1.807, 2.05) is 7.05 Å². The molecule has 0 unspecified atom stereocenters. The normalized spacial score (nSPS) is 9.11. The molecule has 9 heavy (non-hydrogen) atoms. The average Bonchev–Trinajstić information content (AvgIpc) is 1.80. The molecule has 0 aliphatic rings. The Hall–Kier alpha value is -0.150. The van der Waals surface area contributed by atoms with E-state index in [0.717, 1.165) is 24.5 Å². The molecule has 0 aliphatic heterocycles. The fourth-order valence-electron chi connectivity index (χ4n) is 0.498. The van der Waals surface area contributed by atoms with E-state index in [9.17, 15) is 0 Å². The van der Waals surface area contributed by atoms with E-state index in [0.29, 0.717) is 0 Å². The van der Waals surface area contributed by atoms with Crippen molar-refractivity contribution in [2.24, 2.45) is 0 Å². The molecule has 0 aromatic carbocycles. The molecule has 0 amide bonds. The summed E-state index contributed by atoms with van der Waals surface area (Å²) >= 11 is 3.97. The predicted molar refractivity (Wildman–Crippen MR) is 44.7 cm³/mol. The molecule has 0 aromatic heterocycles. The van der Waals surface area contributed by atoms with Crippen LogP contribution in [0.1, 0.15) is 6.42 Å². The van der Waals surface area contributed by atoms with Crippen molar-refractivity contribution in [3.63, 3.8) is 0 Å². The monoisotopic (exact) mass is 146 g/mol. The highest BCUT2D eigenvalue weighted by Gasteiger charge is 1.83. The van der Waals surface area contributed by atoms with E-state index in [1.54, 1.807) is 0 Å². The van der Waals surface area contributed by atoms with Crippen LogP contribution in [0.2, 0.25) is 0 Å². The molecular weight excluding hydrogens is 132 g/mol. The van der Waals surface area contributed by atoms with E-state index in [4.69, 9.17) is 0 Å². The lowest BCUT2D eigenvalue weighted by molar-refractivity contribution is 0.689. The molecule has 0 rings (SSSR count). The molecule has 0 radical (unpaired) electrons. The molecule has 0 saturated heterocycles. The van der Waals surface area contributed by atoms with Gasteiger partial charge in [0.05, 0.1) is 5.03 Å². The maximum atomic E-state index is 3.97. The largest absolute Gasteiger partial charge is 0.381 e. The highest BCUT2D eigenvalue weighted by Crippen LogP contribution is 1.87. The van der Waals surface area contributed by atoms with Crippen LogP contribution in [0.4, 0.5) is 0 Å². The zero-order valence-electron chi connectivity index (χ0n) is 5.78. The van der Waals surface area contributed by atoms with Gasteiger partial charge in [-0.05, 0) is 20.0 Å². The molecule has 0 spiro atoms. The Labute approximate surface area is 62.1 Å².